The highest BCUT2D eigenvalue weighted by Crippen LogP contribution is 2.52. The standard InChI is InChI=1S/C22H23N5S/c1-3-9-27-10-8-17-18(11-23)21(26)22(13-24,14-25)20(19(17)12-27)15-4-6-16(28-2)7-5-15/h4-8,18-20,26H,3,9-10,12H2,1-2H3/p+1/t18?,19-,20+/m0/s1. The maximum atomic E-state index is 10.1. The molecule has 0 bridgehead atoms. The lowest BCUT2D eigenvalue weighted by atomic mass is 9.54. The molecule has 5 nitrogen and oxygen atoms in total. The van der Waals surface area contributed by atoms with E-state index in [9.17, 15) is 15.8 Å². The molecular weight excluding hydrogens is 366 g/mol. The van der Waals surface area contributed by atoms with Crippen molar-refractivity contribution in [2.24, 2.45) is 17.3 Å². The van der Waals surface area contributed by atoms with E-state index >= 15 is 0 Å². The zero-order chi connectivity index (χ0) is 20.3. The minimum absolute atomic E-state index is 0.0691. The largest absolute Gasteiger partial charge is 0.331 e. The van der Waals surface area contributed by atoms with Crippen LogP contribution in [0.15, 0.2) is 40.8 Å². The van der Waals surface area contributed by atoms with E-state index in [4.69, 9.17) is 5.41 Å². The van der Waals surface area contributed by atoms with Gasteiger partial charge in [-0.05, 0) is 42.0 Å². The fraction of sp³-hybridized carbons (Fsp3) is 0.455. The molecule has 142 valence electrons. The van der Waals surface area contributed by atoms with Crippen molar-refractivity contribution in [3.8, 4) is 18.2 Å². The number of quaternary nitrogens is 1. The zero-order valence-corrected chi connectivity index (χ0v) is 17.0. The summed E-state index contributed by atoms with van der Waals surface area (Å²) in [5.74, 6) is -1.31. The van der Waals surface area contributed by atoms with Gasteiger partial charge in [-0.15, -0.1) is 11.8 Å². The van der Waals surface area contributed by atoms with Crippen molar-refractivity contribution in [3.63, 3.8) is 0 Å². The van der Waals surface area contributed by atoms with Crippen LogP contribution in [0.2, 0.25) is 0 Å². The summed E-state index contributed by atoms with van der Waals surface area (Å²) < 4.78 is 0. The van der Waals surface area contributed by atoms with Crippen LogP contribution in [0.4, 0.5) is 0 Å². The summed E-state index contributed by atoms with van der Waals surface area (Å²) in [5, 5.41) is 38.5. The highest BCUT2D eigenvalue weighted by Gasteiger charge is 2.58. The molecule has 1 aromatic rings. The molecule has 28 heavy (non-hydrogen) atoms. The average molecular weight is 391 g/mol. The lowest BCUT2D eigenvalue weighted by Gasteiger charge is -2.46. The summed E-state index contributed by atoms with van der Waals surface area (Å²) in [7, 11) is 0. The van der Waals surface area contributed by atoms with E-state index < -0.39 is 17.3 Å². The molecule has 0 spiro atoms. The van der Waals surface area contributed by atoms with Crippen molar-refractivity contribution in [3.05, 3.63) is 41.5 Å². The number of hydrogen-bond acceptors (Lipinski definition) is 5. The number of nitriles is 3. The van der Waals surface area contributed by atoms with E-state index in [2.05, 4.69) is 31.2 Å². The number of nitrogens with one attached hydrogen (secondary N) is 2. The quantitative estimate of drug-likeness (QED) is 0.609. The molecule has 1 saturated carbocycles. The molecule has 1 fully saturated rings. The minimum Gasteiger partial charge on any atom is -0.331 e. The third-order valence-corrected chi connectivity index (χ3v) is 6.78. The fourth-order valence-corrected chi connectivity index (χ4v) is 5.11. The van der Waals surface area contributed by atoms with Gasteiger partial charge < -0.3 is 10.3 Å². The summed E-state index contributed by atoms with van der Waals surface area (Å²) in [6, 6.07) is 14.5. The summed E-state index contributed by atoms with van der Waals surface area (Å²) in [6.45, 7) is 4.77. The maximum Gasteiger partial charge on any atom is 0.189 e. The molecule has 0 amide bonds. The first-order chi connectivity index (χ1) is 13.6. The van der Waals surface area contributed by atoms with Gasteiger partial charge >= 0.3 is 0 Å². The topological polar surface area (TPSA) is 99.7 Å². The van der Waals surface area contributed by atoms with Crippen molar-refractivity contribution < 1.29 is 4.90 Å². The first-order valence-corrected chi connectivity index (χ1v) is 10.8. The van der Waals surface area contributed by atoms with Crippen LogP contribution in [-0.2, 0) is 0 Å². The van der Waals surface area contributed by atoms with E-state index in [1.165, 1.54) is 4.90 Å². The Labute approximate surface area is 170 Å². The van der Waals surface area contributed by atoms with E-state index in [0.717, 1.165) is 42.1 Å². The van der Waals surface area contributed by atoms with Crippen LogP contribution in [0.5, 0.6) is 0 Å². The van der Waals surface area contributed by atoms with Gasteiger partial charge in [0.15, 0.2) is 5.41 Å². The molecule has 1 aliphatic carbocycles. The van der Waals surface area contributed by atoms with Crippen LogP contribution in [0.25, 0.3) is 0 Å². The molecule has 2 aliphatic rings. The van der Waals surface area contributed by atoms with Crippen molar-refractivity contribution >= 4 is 17.5 Å². The Kier molecular flexibility index (Phi) is 5.90. The van der Waals surface area contributed by atoms with Crippen LogP contribution >= 0.6 is 11.8 Å². The van der Waals surface area contributed by atoms with Gasteiger partial charge in [0.05, 0.1) is 43.6 Å². The number of thioether (sulfide) groups is 1. The Morgan fingerprint density at radius 1 is 1.21 bits per heavy atom. The fourth-order valence-electron chi connectivity index (χ4n) is 4.71. The lowest BCUT2D eigenvalue weighted by Crippen LogP contribution is -3.13. The summed E-state index contributed by atoms with van der Waals surface area (Å²) >= 11 is 1.64. The third kappa shape index (κ3) is 3.12. The zero-order valence-electron chi connectivity index (χ0n) is 16.2. The predicted octanol–water partition coefficient (Wildman–Crippen LogP) is 2.55. The highest BCUT2D eigenvalue weighted by molar-refractivity contribution is 7.98. The number of fused-ring (bicyclic) bond motifs is 1. The Bertz CT molecular complexity index is 898. The van der Waals surface area contributed by atoms with Gasteiger partial charge in [0.25, 0.3) is 0 Å². The second-order valence-electron chi connectivity index (χ2n) is 7.48. The second kappa shape index (κ2) is 8.19. The normalized spacial score (nSPS) is 28.2. The van der Waals surface area contributed by atoms with E-state index in [1.807, 2.05) is 30.5 Å². The molecule has 1 aromatic carbocycles. The van der Waals surface area contributed by atoms with Crippen LogP contribution < -0.4 is 4.90 Å². The average Bonchev–Trinajstić information content (AvgIpc) is 2.73. The third-order valence-electron chi connectivity index (χ3n) is 6.04. The van der Waals surface area contributed by atoms with Crippen molar-refractivity contribution in [2.45, 2.75) is 24.2 Å². The smallest absolute Gasteiger partial charge is 0.189 e. The Hall–Kier alpha value is -2.59. The molecule has 0 saturated heterocycles. The molecule has 1 heterocycles. The SMILES string of the molecule is CCC[NH+]1CC=C2C(C#N)C(=N)C(C#N)(C#N)[C@H](c3ccc(SC)cc3)[C@H]2C1. The maximum absolute atomic E-state index is 10.1. The van der Waals surface area contributed by atoms with E-state index in [1.54, 1.807) is 11.8 Å². The van der Waals surface area contributed by atoms with Crippen LogP contribution in [0, 0.1) is 56.7 Å². The van der Waals surface area contributed by atoms with Gasteiger partial charge in [-0.3, -0.25) is 0 Å². The summed E-state index contributed by atoms with van der Waals surface area (Å²) in [5.41, 5.74) is 0.140. The molecule has 4 atom stereocenters. The van der Waals surface area contributed by atoms with Crippen molar-refractivity contribution in [2.75, 3.05) is 25.9 Å². The van der Waals surface area contributed by atoms with Gasteiger partial charge in [-0.1, -0.05) is 19.1 Å². The number of benzene rings is 1. The monoisotopic (exact) mass is 390 g/mol. The Morgan fingerprint density at radius 2 is 1.89 bits per heavy atom. The Morgan fingerprint density at radius 3 is 2.43 bits per heavy atom. The molecular formula is C22H24N5S+. The summed E-state index contributed by atoms with van der Waals surface area (Å²) in [4.78, 5) is 2.51. The molecule has 2 unspecified atom stereocenters. The molecule has 0 radical (unpaired) electrons. The van der Waals surface area contributed by atoms with Crippen LogP contribution in [0.3, 0.4) is 0 Å². The first-order valence-electron chi connectivity index (χ1n) is 9.54. The van der Waals surface area contributed by atoms with E-state index in [-0.39, 0.29) is 11.6 Å². The van der Waals surface area contributed by atoms with Gasteiger partial charge in [-0.2, -0.15) is 15.8 Å². The number of rotatable bonds is 4. The van der Waals surface area contributed by atoms with Crippen molar-refractivity contribution in [1.29, 1.82) is 21.2 Å². The molecule has 3 rings (SSSR count). The minimum atomic E-state index is -1.61. The molecule has 2 N–H and O–H groups in total. The predicted molar refractivity (Wildman–Crippen MR) is 109 cm³/mol. The van der Waals surface area contributed by atoms with Gasteiger partial charge in [0.2, 0.25) is 0 Å². The lowest BCUT2D eigenvalue weighted by molar-refractivity contribution is -0.899. The van der Waals surface area contributed by atoms with Crippen molar-refractivity contribution in [1.82, 2.24) is 0 Å². The van der Waals surface area contributed by atoms with Crippen LogP contribution in [0.1, 0.15) is 24.8 Å². The van der Waals surface area contributed by atoms with Gasteiger partial charge in [0.1, 0.15) is 5.92 Å². The molecule has 0 aromatic heterocycles. The second-order valence-corrected chi connectivity index (χ2v) is 8.36. The number of hydrogen-bond donors (Lipinski definition) is 2. The first kappa shape index (κ1) is 20.2. The van der Waals surface area contributed by atoms with Crippen LogP contribution in [-0.4, -0.2) is 31.6 Å². The number of nitrogens with zero attached hydrogens (tertiary/aromatic N) is 3. The molecule has 1 aliphatic heterocycles. The van der Waals surface area contributed by atoms with Gasteiger partial charge in [-0.25, -0.2) is 0 Å². The molecule has 6 heteroatoms. The highest BCUT2D eigenvalue weighted by atomic mass is 32.2. The van der Waals surface area contributed by atoms with Gasteiger partial charge in [0, 0.05) is 16.7 Å². The van der Waals surface area contributed by atoms with E-state index in [0.29, 0.717) is 0 Å². The Balaban J connectivity index is 2.18. The summed E-state index contributed by atoms with van der Waals surface area (Å²) in [6.07, 6.45) is 5.15.